The Morgan fingerprint density at radius 1 is 1.28 bits per heavy atom. The fourth-order valence-corrected chi connectivity index (χ4v) is 4.94. The van der Waals surface area contributed by atoms with Gasteiger partial charge in [-0.3, -0.25) is 9.59 Å². The molecule has 0 aliphatic carbocycles. The smallest absolute Gasteiger partial charge is 0.291 e. The zero-order valence-corrected chi connectivity index (χ0v) is 17.6. The maximum absolute atomic E-state index is 13.3. The molecule has 0 bridgehead atoms. The monoisotopic (exact) mass is 428 g/mol. The average molecular weight is 429 g/mol. The summed E-state index contributed by atoms with van der Waals surface area (Å²) in [5.41, 5.74) is 1.92. The zero-order valence-electron chi connectivity index (χ0n) is 16.0. The third kappa shape index (κ3) is 4.23. The van der Waals surface area contributed by atoms with E-state index in [1.807, 2.05) is 42.2 Å². The number of likely N-dealkylation sites (tertiary alicyclic amines) is 1. The van der Waals surface area contributed by atoms with Crippen molar-refractivity contribution in [2.75, 3.05) is 11.9 Å². The molecule has 4 rings (SSSR count). The first-order valence-corrected chi connectivity index (χ1v) is 10.7. The molecule has 1 unspecified atom stereocenters. The standard InChI is InChI=1S/C22H21ClN2O3S/c1-14-12-19(24-21(26)18-9-5-11-28-18)29-20(14)22(27)25-10-4-7-16(25)13-15-6-2-3-8-17(15)23/h2-3,5-6,8-9,11-12,16H,4,7,10,13H2,1H3,(H,24,26). The number of aryl methyl sites for hydroxylation is 1. The van der Waals surface area contributed by atoms with Crippen molar-refractivity contribution in [1.29, 1.82) is 0 Å². The first-order chi connectivity index (χ1) is 14.0. The number of hydrogen-bond acceptors (Lipinski definition) is 4. The molecule has 1 saturated heterocycles. The molecule has 1 atom stereocenters. The zero-order chi connectivity index (χ0) is 20.4. The minimum Gasteiger partial charge on any atom is -0.459 e. The molecule has 0 saturated carbocycles. The number of hydrogen-bond donors (Lipinski definition) is 1. The molecule has 5 nitrogen and oxygen atoms in total. The van der Waals surface area contributed by atoms with Gasteiger partial charge in [0.2, 0.25) is 0 Å². The summed E-state index contributed by atoms with van der Waals surface area (Å²) in [6, 6.07) is 13.0. The Morgan fingerprint density at radius 3 is 2.86 bits per heavy atom. The SMILES string of the molecule is Cc1cc(NC(=O)c2ccco2)sc1C(=O)N1CCCC1Cc1ccccc1Cl. The van der Waals surface area contributed by atoms with Gasteiger partial charge >= 0.3 is 0 Å². The van der Waals surface area contributed by atoms with E-state index in [4.69, 9.17) is 16.0 Å². The van der Waals surface area contributed by atoms with Crippen molar-refractivity contribution in [1.82, 2.24) is 4.90 Å². The summed E-state index contributed by atoms with van der Waals surface area (Å²) >= 11 is 7.62. The van der Waals surface area contributed by atoms with E-state index in [1.165, 1.54) is 17.6 Å². The van der Waals surface area contributed by atoms with E-state index in [0.717, 1.165) is 42.0 Å². The van der Waals surface area contributed by atoms with Gasteiger partial charge in [0.15, 0.2) is 5.76 Å². The normalized spacial score (nSPS) is 16.2. The van der Waals surface area contributed by atoms with E-state index in [0.29, 0.717) is 9.88 Å². The van der Waals surface area contributed by atoms with Gasteiger partial charge in [0.05, 0.1) is 16.1 Å². The fourth-order valence-electron chi connectivity index (χ4n) is 3.70. The summed E-state index contributed by atoms with van der Waals surface area (Å²) in [5.74, 6) is -0.0724. The van der Waals surface area contributed by atoms with Crippen LogP contribution in [-0.4, -0.2) is 29.3 Å². The van der Waals surface area contributed by atoms with Crippen molar-refractivity contribution in [3.05, 3.63) is 75.5 Å². The number of rotatable bonds is 5. The van der Waals surface area contributed by atoms with E-state index in [1.54, 1.807) is 12.1 Å². The highest BCUT2D eigenvalue weighted by atomic mass is 35.5. The number of nitrogens with one attached hydrogen (secondary N) is 1. The number of carbonyl (C=O) groups is 2. The molecule has 0 spiro atoms. The molecule has 3 aromatic rings. The fraction of sp³-hybridized carbons (Fsp3) is 0.273. The number of thiophene rings is 1. The van der Waals surface area contributed by atoms with E-state index in [9.17, 15) is 9.59 Å². The van der Waals surface area contributed by atoms with Gasteiger partial charge in [0.25, 0.3) is 11.8 Å². The van der Waals surface area contributed by atoms with Crippen LogP contribution in [0, 0.1) is 6.92 Å². The summed E-state index contributed by atoms with van der Waals surface area (Å²) in [7, 11) is 0. The van der Waals surface area contributed by atoms with Crippen LogP contribution >= 0.6 is 22.9 Å². The average Bonchev–Trinajstić information content (AvgIpc) is 3.44. The Kier molecular flexibility index (Phi) is 5.74. The maximum atomic E-state index is 13.3. The third-order valence-corrected chi connectivity index (χ3v) is 6.65. The van der Waals surface area contributed by atoms with Gasteiger partial charge in [-0.2, -0.15) is 0 Å². The van der Waals surface area contributed by atoms with Gasteiger partial charge in [0.1, 0.15) is 0 Å². The summed E-state index contributed by atoms with van der Waals surface area (Å²) in [4.78, 5) is 28.1. The van der Waals surface area contributed by atoms with E-state index < -0.39 is 0 Å². The van der Waals surface area contributed by atoms with Gasteiger partial charge in [-0.05, 0) is 61.6 Å². The lowest BCUT2D eigenvalue weighted by Gasteiger charge is -2.25. The van der Waals surface area contributed by atoms with Crippen LogP contribution in [-0.2, 0) is 6.42 Å². The Bertz CT molecular complexity index is 1030. The van der Waals surface area contributed by atoms with Crippen molar-refractivity contribution in [2.45, 2.75) is 32.2 Å². The quantitative estimate of drug-likeness (QED) is 0.591. The largest absolute Gasteiger partial charge is 0.459 e. The summed E-state index contributed by atoms with van der Waals surface area (Å²) < 4.78 is 5.12. The molecule has 150 valence electrons. The Labute approximate surface area is 178 Å². The van der Waals surface area contributed by atoms with Crippen LogP contribution in [0.15, 0.2) is 53.1 Å². The van der Waals surface area contributed by atoms with Crippen molar-refractivity contribution in [3.63, 3.8) is 0 Å². The molecule has 7 heteroatoms. The first kappa shape index (κ1) is 19.7. The lowest BCUT2D eigenvalue weighted by molar-refractivity contribution is 0.0740. The molecule has 3 heterocycles. The van der Waals surface area contributed by atoms with Gasteiger partial charge in [-0.15, -0.1) is 11.3 Å². The summed E-state index contributed by atoms with van der Waals surface area (Å²) in [6.45, 7) is 2.63. The molecule has 1 fully saturated rings. The van der Waals surface area contributed by atoms with Crippen molar-refractivity contribution in [2.24, 2.45) is 0 Å². The molecule has 1 aromatic carbocycles. The summed E-state index contributed by atoms with van der Waals surface area (Å²) in [5, 5.41) is 4.18. The van der Waals surface area contributed by atoms with Gasteiger partial charge in [-0.1, -0.05) is 29.8 Å². The van der Waals surface area contributed by atoms with Crippen LogP contribution < -0.4 is 5.32 Å². The molecule has 2 aromatic heterocycles. The predicted molar refractivity (Wildman–Crippen MR) is 115 cm³/mol. The lowest BCUT2D eigenvalue weighted by Crippen LogP contribution is -2.36. The third-order valence-electron chi connectivity index (χ3n) is 5.15. The molecule has 29 heavy (non-hydrogen) atoms. The number of amides is 2. The second-order valence-corrected chi connectivity index (χ2v) is 8.60. The molecule has 2 amide bonds. The van der Waals surface area contributed by atoms with Crippen molar-refractivity contribution in [3.8, 4) is 0 Å². The summed E-state index contributed by atoms with van der Waals surface area (Å²) in [6.07, 6.45) is 4.14. The Balaban J connectivity index is 1.49. The maximum Gasteiger partial charge on any atom is 0.291 e. The minimum atomic E-state index is -0.326. The van der Waals surface area contributed by atoms with E-state index in [-0.39, 0.29) is 23.6 Å². The second kappa shape index (κ2) is 8.43. The number of benzene rings is 1. The lowest BCUT2D eigenvalue weighted by atomic mass is 10.0. The topological polar surface area (TPSA) is 62.6 Å². The van der Waals surface area contributed by atoms with Crippen LogP contribution in [0.1, 0.15) is 44.2 Å². The number of furan rings is 1. The minimum absolute atomic E-state index is 0.0144. The number of halogens is 1. The van der Waals surface area contributed by atoms with Gasteiger partial charge in [0, 0.05) is 17.6 Å². The highest BCUT2D eigenvalue weighted by molar-refractivity contribution is 7.18. The van der Waals surface area contributed by atoms with Crippen molar-refractivity contribution < 1.29 is 14.0 Å². The predicted octanol–water partition coefficient (Wildman–Crippen LogP) is 5.40. The molecule has 1 aliphatic heterocycles. The second-order valence-electron chi connectivity index (χ2n) is 7.14. The van der Waals surface area contributed by atoms with Gasteiger partial charge < -0.3 is 14.6 Å². The molecule has 1 aliphatic rings. The van der Waals surface area contributed by atoms with Crippen LogP contribution in [0.5, 0.6) is 0 Å². The van der Waals surface area contributed by atoms with Crippen LogP contribution in [0.4, 0.5) is 5.00 Å². The first-order valence-electron chi connectivity index (χ1n) is 9.52. The van der Waals surface area contributed by atoms with E-state index in [2.05, 4.69) is 5.32 Å². The number of anilines is 1. The Hall–Kier alpha value is -2.57. The highest BCUT2D eigenvalue weighted by Crippen LogP contribution is 2.32. The van der Waals surface area contributed by atoms with Crippen LogP contribution in [0.25, 0.3) is 0 Å². The van der Waals surface area contributed by atoms with Crippen LogP contribution in [0.3, 0.4) is 0 Å². The molecular formula is C22H21ClN2O3S. The van der Waals surface area contributed by atoms with Crippen molar-refractivity contribution >= 4 is 39.8 Å². The highest BCUT2D eigenvalue weighted by Gasteiger charge is 2.31. The number of carbonyl (C=O) groups excluding carboxylic acids is 2. The number of nitrogens with zero attached hydrogens (tertiary/aromatic N) is 1. The van der Waals surface area contributed by atoms with E-state index >= 15 is 0 Å². The van der Waals surface area contributed by atoms with Gasteiger partial charge in [-0.25, -0.2) is 0 Å². The molecular weight excluding hydrogens is 408 g/mol. The molecule has 1 N–H and O–H groups in total. The molecule has 0 radical (unpaired) electrons. The van der Waals surface area contributed by atoms with Crippen LogP contribution in [0.2, 0.25) is 5.02 Å². The Morgan fingerprint density at radius 2 is 2.10 bits per heavy atom.